The second-order valence-corrected chi connectivity index (χ2v) is 6.33. The van der Waals surface area contributed by atoms with Gasteiger partial charge in [-0.3, -0.25) is 0 Å². The van der Waals surface area contributed by atoms with Crippen LogP contribution in [-0.4, -0.2) is 45.1 Å². The molecule has 2 aliphatic rings. The Balaban J connectivity index is 1.43. The Hall–Kier alpha value is -2.62. The Morgan fingerprint density at radius 1 is 1.35 bits per heavy atom. The van der Waals surface area contributed by atoms with Gasteiger partial charge < -0.3 is 15.0 Å². The standard InChI is InChI=1S/C16H16F3N5O2/c17-16(18,19)10-2-1-3-11(6-10)21-15(25)23-5-4-13-14(8-23)26-9-12-7-20-22-24(12)13/h1-3,6-7,13-14H,4-5,8-9H2,(H,21,25)/t13-,14-/m0/s1. The first kappa shape index (κ1) is 16.8. The van der Waals surface area contributed by atoms with Crippen LogP contribution < -0.4 is 5.32 Å². The number of benzene rings is 1. The van der Waals surface area contributed by atoms with Crippen molar-refractivity contribution >= 4 is 11.7 Å². The Morgan fingerprint density at radius 3 is 3.00 bits per heavy atom. The number of hydrogen-bond acceptors (Lipinski definition) is 4. The molecule has 4 rings (SSSR count). The van der Waals surface area contributed by atoms with Crippen LogP contribution >= 0.6 is 0 Å². The maximum absolute atomic E-state index is 12.8. The molecule has 0 radical (unpaired) electrons. The predicted molar refractivity (Wildman–Crippen MR) is 84.3 cm³/mol. The van der Waals surface area contributed by atoms with Crippen molar-refractivity contribution in [3.8, 4) is 0 Å². The largest absolute Gasteiger partial charge is 0.416 e. The van der Waals surface area contributed by atoms with Gasteiger partial charge in [-0.05, 0) is 24.6 Å². The first-order valence-electron chi connectivity index (χ1n) is 8.15. The van der Waals surface area contributed by atoms with Crippen molar-refractivity contribution in [1.82, 2.24) is 19.9 Å². The zero-order valence-electron chi connectivity index (χ0n) is 13.6. The lowest BCUT2D eigenvalue weighted by atomic mass is 10.0. The number of carbonyl (C=O) groups excluding carboxylic acids is 1. The summed E-state index contributed by atoms with van der Waals surface area (Å²) in [6, 6.07) is 4.14. The number of rotatable bonds is 1. The summed E-state index contributed by atoms with van der Waals surface area (Å²) in [7, 11) is 0. The van der Waals surface area contributed by atoms with Gasteiger partial charge in [-0.2, -0.15) is 13.2 Å². The molecule has 2 aromatic rings. The third-order valence-electron chi connectivity index (χ3n) is 4.66. The number of aromatic nitrogens is 3. The molecule has 1 saturated heterocycles. The van der Waals surface area contributed by atoms with Crippen molar-refractivity contribution in [3.05, 3.63) is 41.7 Å². The van der Waals surface area contributed by atoms with E-state index >= 15 is 0 Å². The topological polar surface area (TPSA) is 72.3 Å². The number of amides is 2. The number of carbonyl (C=O) groups is 1. The second-order valence-electron chi connectivity index (χ2n) is 6.33. The SMILES string of the molecule is O=C(Nc1cccc(C(F)(F)F)c1)N1CC[C@H]2[C@H](C1)OCc1cnnn12. The highest BCUT2D eigenvalue weighted by atomic mass is 19.4. The minimum absolute atomic E-state index is 0.0128. The highest BCUT2D eigenvalue weighted by Gasteiger charge is 2.38. The lowest BCUT2D eigenvalue weighted by molar-refractivity contribution is -0.137. The highest BCUT2D eigenvalue weighted by molar-refractivity contribution is 5.89. The molecule has 1 fully saturated rings. The zero-order chi connectivity index (χ0) is 18.3. The average molecular weight is 367 g/mol. The molecule has 2 atom stereocenters. The first-order chi connectivity index (χ1) is 12.4. The molecule has 0 aliphatic carbocycles. The van der Waals surface area contributed by atoms with E-state index in [1.165, 1.54) is 12.1 Å². The molecule has 1 N–H and O–H groups in total. The molecule has 1 aromatic heterocycles. The van der Waals surface area contributed by atoms with Crippen LogP contribution in [0.15, 0.2) is 30.5 Å². The minimum atomic E-state index is -4.45. The van der Waals surface area contributed by atoms with E-state index < -0.39 is 17.8 Å². The average Bonchev–Trinajstić information content (AvgIpc) is 3.10. The van der Waals surface area contributed by atoms with Crippen molar-refractivity contribution in [2.24, 2.45) is 0 Å². The monoisotopic (exact) mass is 367 g/mol. The Kier molecular flexibility index (Phi) is 4.06. The number of nitrogens with zero attached hydrogens (tertiary/aromatic N) is 4. The summed E-state index contributed by atoms with van der Waals surface area (Å²) in [4.78, 5) is 14.0. The number of anilines is 1. The first-order valence-corrected chi connectivity index (χ1v) is 8.15. The lowest BCUT2D eigenvalue weighted by Crippen LogP contribution is -2.51. The zero-order valence-corrected chi connectivity index (χ0v) is 13.6. The molecule has 3 heterocycles. The predicted octanol–water partition coefficient (Wildman–Crippen LogP) is 2.67. The summed E-state index contributed by atoms with van der Waals surface area (Å²) < 4.78 is 46.0. The Morgan fingerprint density at radius 2 is 2.19 bits per heavy atom. The van der Waals surface area contributed by atoms with Crippen LogP contribution in [0.25, 0.3) is 0 Å². The van der Waals surface area contributed by atoms with Gasteiger partial charge in [0.2, 0.25) is 0 Å². The van der Waals surface area contributed by atoms with Crippen LogP contribution in [0.1, 0.15) is 23.7 Å². The van der Waals surface area contributed by atoms with Gasteiger partial charge in [0, 0.05) is 12.2 Å². The van der Waals surface area contributed by atoms with E-state index in [1.54, 1.807) is 11.1 Å². The van der Waals surface area contributed by atoms with E-state index in [9.17, 15) is 18.0 Å². The molecule has 7 nitrogen and oxygen atoms in total. The van der Waals surface area contributed by atoms with Gasteiger partial charge in [-0.1, -0.05) is 11.3 Å². The normalized spacial score (nSPS) is 22.5. The molecule has 0 bridgehead atoms. The van der Waals surface area contributed by atoms with Crippen molar-refractivity contribution in [2.45, 2.75) is 31.3 Å². The molecule has 26 heavy (non-hydrogen) atoms. The number of alkyl halides is 3. The highest BCUT2D eigenvalue weighted by Crippen LogP contribution is 2.32. The van der Waals surface area contributed by atoms with Crippen molar-refractivity contribution in [3.63, 3.8) is 0 Å². The quantitative estimate of drug-likeness (QED) is 0.841. The van der Waals surface area contributed by atoms with Gasteiger partial charge >= 0.3 is 12.2 Å². The fraction of sp³-hybridized carbons (Fsp3) is 0.438. The molecule has 0 spiro atoms. The summed E-state index contributed by atoms with van der Waals surface area (Å²) in [5, 5.41) is 10.5. The number of hydrogen-bond donors (Lipinski definition) is 1. The summed E-state index contributed by atoms with van der Waals surface area (Å²) in [5.74, 6) is 0. The van der Waals surface area contributed by atoms with Crippen LogP contribution in [-0.2, 0) is 17.5 Å². The number of nitrogens with one attached hydrogen (secondary N) is 1. The van der Waals surface area contributed by atoms with E-state index in [-0.39, 0.29) is 17.8 Å². The van der Waals surface area contributed by atoms with E-state index in [1.807, 2.05) is 4.68 Å². The van der Waals surface area contributed by atoms with Crippen molar-refractivity contribution in [2.75, 3.05) is 18.4 Å². The maximum atomic E-state index is 12.8. The van der Waals surface area contributed by atoms with Crippen LogP contribution in [0, 0.1) is 0 Å². The fourth-order valence-electron chi connectivity index (χ4n) is 3.35. The van der Waals surface area contributed by atoms with Crippen LogP contribution in [0.3, 0.4) is 0 Å². The second kappa shape index (κ2) is 6.27. The van der Waals surface area contributed by atoms with E-state index in [0.717, 1.165) is 17.8 Å². The summed E-state index contributed by atoms with van der Waals surface area (Å²) in [6.07, 6.45) is -2.38. The van der Waals surface area contributed by atoms with E-state index in [2.05, 4.69) is 15.6 Å². The van der Waals surface area contributed by atoms with Crippen LogP contribution in [0.5, 0.6) is 0 Å². The van der Waals surface area contributed by atoms with Gasteiger partial charge in [-0.15, -0.1) is 5.10 Å². The number of ether oxygens (including phenoxy) is 1. The Labute approximate surface area is 146 Å². The van der Waals surface area contributed by atoms with Gasteiger partial charge in [0.05, 0.1) is 42.8 Å². The third kappa shape index (κ3) is 3.12. The molecular weight excluding hydrogens is 351 g/mol. The van der Waals surface area contributed by atoms with Gasteiger partial charge in [0.25, 0.3) is 0 Å². The van der Waals surface area contributed by atoms with Crippen LogP contribution in [0.4, 0.5) is 23.7 Å². The smallest absolute Gasteiger partial charge is 0.368 e. The molecular formula is C16H16F3N5O2. The van der Waals surface area contributed by atoms with Gasteiger partial charge in [0.1, 0.15) is 0 Å². The lowest BCUT2D eigenvalue weighted by Gasteiger charge is -2.40. The van der Waals surface area contributed by atoms with Crippen LogP contribution in [0.2, 0.25) is 0 Å². The van der Waals surface area contributed by atoms with Crippen molar-refractivity contribution < 1.29 is 22.7 Å². The van der Waals surface area contributed by atoms with E-state index in [4.69, 9.17) is 4.74 Å². The fourth-order valence-corrected chi connectivity index (χ4v) is 3.35. The molecule has 1 aromatic carbocycles. The maximum Gasteiger partial charge on any atom is 0.416 e. The number of urea groups is 1. The molecule has 2 amide bonds. The summed E-state index contributed by atoms with van der Waals surface area (Å²) >= 11 is 0. The van der Waals surface area contributed by atoms with E-state index in [0.29, 0.717) is 26.1 Å². The Bertz CT molecular complexity index is 822. The number of likely N-dealkylation sites (tertiary alicyclic amines) is 1. The van der Waals surface area contributed by atoms with Gasteiger partial charge in [-0.25, -0.2) is 9.48 Å². The number of fused-ring (bicyclic) bond motifs is 3. The third-order valence-corrected chi connectivity index (χ3v) is 4.66. The molecule has 2 aliphatic heterocycles. The summed E-state index contributed by atoms with van der Waals surface area (Å²) in [6.45, 7) is 1.17. The van der Waals surface area contributed by atoms with Gasteiger partial charge in [0.15, 0.2) is 0 Å². The number of halogens is 3. The number of piperidine rings is 1. The molecule has 0 saturated carbocycles. The molecule has 10 heteroatoms. The molecule has 138 valence electrons. The summed E-state index contributed by atoms with van der Waals surface area (Å²) in [5.41, 5.74) is 0.200. The van der Waals surface area contributed by atoms with Crippen molar-refractivity contribution in [1.29, 1.82) is 0 Å². The molecule has 0 unspecified atom stereocenters. The minimum Gasteiger partial charge on any atom is -0.368 e.